The van der Waals surface area contributed by atoms with Crippen molar-refractivity contribution in [2.45, 2.75) is 32.7 Å². The standard InChI is InChI=1S/C9H17NO6S/c1-6(2)3-4-17(15,16)10-7(9(13)14)5-8(11)12/h6-7,10H,3-5H2,1-2H3,(H,11,12)(H,13,14). The van der Waals surface area contributed by atoms with Crippen LogP contribution in [0.5, 0.6) is 0 Å². The molecule has 0 saturated carbocycles. The van der Waals surface area contributed by atoms with Gasteiger partial charge in [0.1, 0.15) is 6.04 Å². The smallest absolute Gasteiger partial charge is 0.322 e. The summed E-state index contributed by atoms with van der Waals surface area (Å²) in [5.74, 6) is -2.92. The molecule has 0 amide bonds. The summed E-state index contributed by atoms with van der Waals surface area (Å²) in [5.41, 5.74) is 0. The molecule has 0 aliphatic carbocycles. The number of sulfonamides is 1. The van der Waals surface area contributed by atoms with Crippen molar-refractivity contribution in [3.05, 3.63) is 0 Å². The summed E-state index contributed by atoms with van der Waals surface area (Å²) in [6.07, 6.45) is -0.398. The number of aliphatic carboxylic acids is 2. The second kappa shape index (κ2) is 6.55. The zero-order valence-corrected chi connectivity index (χ0v) is 10.5. The van der Waals surface area contributed by atoms with Gasteiger partial charge >= 0.3 is 11.9 Å². The Morgan fingerprint density at radius 2 is 1.76 bits per heavy atom. The molecule has 0 spiro atoms. The molecule has 100 valence electrons. The number of hydrogen-bond donors (Lipinski definition) is 3. The third-order valence-electron chi connectivity index (χ3n) is 1.96. The number of nitrogens with one attached hydrogen (secondary N) is 1. The molecule has 1 atom stereocenters. The Morgan fingerprint density at radius 1 is 1.24 bits per heavy atom. The maximum absolute atomic E-state index is 11.5. The van der Waals surface area contributed by atoms with Gasteiger partial charge in [0, 0.05) is 0 Å². The summed E-state index contributed by atoms with van der Waals surface area (Å²) in [5, 5.41) is 17.1. The summed E-state index contributed by atoms with van der Waals surface area (Å²) in [6, 6.07) is -1.62. The first kappa shape index (κ1) is 15.9. The lowest BCUT2D eigenvalue weighted by molar-refractivity contribution is -0.145. The van der Waals surface area contributed by atoms with E-state index in [-0.39, 0.29) is 11.7 Å². The number of carboxylic acid groups (broad SMARTS) is 2. The number of carboxylic acids is 2. The topological polar surface area (TPSA) is 121 Å². The summed E-state index contributed by atoms with van der Waals surface area (Å²) in [6.45, 7) is 3.67. The van der Waals surface area contributed by atoms with Crippen LogP contribution in [-0.4, -0.2) is 42.4 Å². The minimum atomic E-state index is -3.76. The Balaban J connectivity index is 4.53. The molecule has 0 radical (unpaired) electrons. The van der Waals surface area contributed by atoms with Crippen LogP contribution >= 0.6 is 0 Å². The van der Waals surface area contributed by atoms with Gasteiger partial charge in [-0.2, -0.15) is 0 Å². The monoisotopic (exact) mass is 267 g/mol. The quantitative estimate of drug-likeness (QED) is 0.563. The molecular weight excluding hydrogens is 250 g/mol. The van der Waals surface area contributed by atoms with Crippen LogP contribution in [-0.2, 0) is 19.6 Å². The first-order chi connectivity index (χ1) is 7.64. The normalized spacial score (nSPS) is 13.6. The minimum absolute atomic E-state index is 0.161. The fourth-order valence-electron chi connectivity index (χ4n) is 1.02. The van der Waals surface area contributed by atoms with Crippen LogP contribution in [0.4, 0.5) is 0 Å². The molecule has 0 aromatic heterocycles. The highest BCUT2D eigenvalue weighted by Gasteiger charge is 2.26. The lowest BCUT2D eigenvalue weighted by Gasteiger charge is -2.13. The van der Waals surface area contributed by atoms with Crippen molar-refractivity contribution in [1.29, 1.82) is 0 Å². The van der Waals surface area contributed by atoms with Crippen LogP contribution in [0.1, 0.15) is 26.7 Å². The lowest BCUT2D eigenvalue weighted by atomic mass is 10.2. The van der Waals surface area contributed by atoms with Crippen molar-refractivity contribution in [2.24, 2.45) is 5.92 Å². The van der Waals surface area contributed by atoms with Gasteiger partial charge in [0.05, 0.1) is 12.2 Å². The zero-order chi connectivity index (χ0) is 13.6. The van der Waals surface area contributed by atoms with Crippen molar-refractivity contribution in [3.63, 3.8) is 0 Å². The fraction of sp³-hybridized carbons (Fsp3) is 0.778. The Hall–Kier alpha value is -1.15. The lowest BCUT2D eigenvalue weighted by Crippen LogP contribution is -2.43. The summed E-state index contributed by atoms with van der Waals surface area (Å²) in [4.78, 5) is 21.0. The van der Waals surface area contributed by atoms with Gasteiger partial charge in [-0.25, -0.2) is 13.1 Å². The van der Waals surface area contributed by atoms with Crippen molar-refractivity contribution < 1.29 is 28.2 Å². The molecule has 0 aliphatic heterocycles. The molecular formula is C9H17NO6S. The highest BCUT2D eigenvalue weighted by atomic mass is 32.2. The minimum Gasteiger partial charge on any atom is -0.481 e. The Labute approximate surface area is 99.9 Å². The Bertz CT molecular complexity index is 375. The average molecular weight is 267 g/mol. The fourth-order valence-corrected chi connectivity index (χ4v) is 2.54. The molecule has 0 saturated heterocycles. The van der Waals surface area contributed by atoms with Gasteiger partial charge in [0.15, 0.2) is 0 Å². The molecule has 8 heteroatoms. The van der Waals surface area contributed by atoms with E-state index in [1.54, 1.807) is 0 Å². The Kier molecular flexibility index (Phi) is 6.11. The van der Waals surface area contributed by atoms with Gasteiger partial charge < -0.3 is 10.2 Å². The molecule has 0 aliphatic rings. The van der Waals surface area contributed by atoms with Crippen LogP contribution < -0.4 is 4.72 Å². The maximum atomic E-state index is 11.5. The van der Waals surface area contributed by atoms with E-state index in [0.29, 0.717) is 6.42 Å². The van der Waals surface area contributed by atoms with E-state index >= 15 is 0 Å². The predicted molar refractivity (Wildman–Crippen MR) is 60.1 cm³/mol. The number of hydrogen-bond acceptors (Lipinski definition) is 4. The van der Waals surface area contributed by atoms with Crippen LogP contribution in [0.15, 0.2) is 0 Å². The highest BCUT2D eigenvalue weighted by Crippen LogP contribution is 2.04. The van der Waals surface area contributed by atoms with Gasteiger partial charge in [-0.05, 0) is 12.3 Å². The predicted octanol–water partition coefficient (Wildman–Crippen LogP) is -0.120. The van der Waals surface area contributed by atoms with Crippen LogP contribution in [0.25, 0.3) is 0 Å². The first-order valence-corrected chi connectivity index (χ1v) is 6.74. The molecule has 0 aromatic rings. The summed E-state index contributed by atoms with van der Waals surface area (Å²) in [7, 11) is -3.76. The molecule has 1 unspecified atom stereocenters. The molecule has 0 rings (SSSR count). The zero-order valence-electron chi connectivity index (χ0n) is 9.71. The van der Waals surface area contributed by atoms with E-state index in [1.165, 1.54) is 0 Å². The van der Waals surface area contributed by atoms with E-state index in [4.69, 9.17) is 10.2 Å². The molecule has 17 heavy (non-hydrogen) atoms. The molecule has 0 heterocycles. The van der Waals surface area contributed by atoms with Gasteiger partial charge in [-0.3, -0.25) is 9.59 Å². The molecule has 0 bridgehead atoms. The van der Waals surface area contributed by atoms with E-state index < -0.39 is 34.4 Å². The second-order valence-electron chi connectivity index (χ2n) is 4.11. The van der Waals surface area contributed by atoms with Gasteiger partial charge in [0.2, 0.25) is 10.0 Å². The Morgan fingerprint density at radius 3 is 2.12 bits per heavy atom. The van der Waals surface area contributed by atoms with Crippen molar-refractivity contribution >= 4 is 22.0 Å². The van der Waals surface area contributed by atoms with E-state index in [1.807, 2.05) is 18.6 Å². The summed E-state index contributed by atoms with van der Waals surface area (Å²) >= 11 is 0. The van der Waals surface area contributed by atoms with Crippen molar-refractivity contribution in [2.75, 3.05) is 5.75 Å². The SMILES string of the molecule is CC(C)CCS(=O)(=O)NC(CC(=O)O)C(=O)O. The van der Waals surface area contributed by atoms with Gasteiger partial charge in [0.25, 0.3) is 0 Å². The second-order valence-corrected chi connectivity index (χ2v) is 5.98. The van der Waals surface area contributed by atoms with Crippen molar-refractivity contribution in [1.82, 2.24) is 4.72 Å². The average Bonchev–Trinajstić information content (AvgIpc) is 2.12. The first-order valence-electron chi connectivity index (χ1n) is 5.08. The number of rotatable bonds is 8. The molecule has 0 aromatic carbocycles. The summed E-state index contributed by atoms with van der Waals surface area (Å²) < 4.78 is 24.8. The molecule has 0 fully saturated rings. The maximum Gasteiger partial charge on any atom is 0.322 e. The van der Waals surface area contributed by atoms with Crippen LogP contribution in [0, 0.1) is 5.92 Å². The largest absolute Gasteiger partial charge is 0.481 e. The van der Waals surface area contributed by atoms with Crippen LogP contribution in [0.2, 0.25) is 0 Å². The number of carbonyl (C=O) groups is 2. The van der Waals surface area contributed by atoms with Crippen molar-refractivity contribution in [3.8, 4) is 0 Å². The van der Waals surface area contributed by atoms with Gasteiger partial charge in [-0.15, -0.1) is 0 Å². The molecule has 3 N–H and O–H groups in total. The van der Waals surface area contributed by atoms with E-state index in [9.17, 15) is 18.0 Å². The van der Waals surface area contributed by atoms with E-state index in [0.717, 1.165) is 0 Å². The highest BCUT2D eigenvalue weighted by molar-refractivity contribution is 7.89. The third kappa shape index (κ3) is 7.70. The van der Waals surface area contributed by atoms with E-state index in [2.05, 4.69) is 0 Å². The van der Waals surface area contributed by atoms with Crippen LogP contribution in [0.3, 0.4) is 0 Å². The molecule has 7 nitrogen and oxygen atoms in total. The van der Waals surface area contributed by atoms with Gasteiger partial charge in [-0.1, -0.05) is 13.8 Å². The third-order valence-corrected chi connectivity index (χ3v) is 3.38.